The van der Waals surface area contributed by atoms with E-state index in [1.807, 2.05) is 31.2 Å². The zero-order chi connectivity index (χ0) is 12.5. The van der Waals surface area contributed by atoms with E-state index in [4.69, 9.17) is 9.47 Å². The van der Waals surface area contributed by atoms with Crippen LogP contribution < -0.4 is 9.47 Å². The first kappa shape index (κ1) is 11.7. The molecule has 1 aliphatic carbocycles. The summed E-state index contributed by atoms with van der Waals surface area (Å²) >= 11 is 0. The third-order valence-electron chi connectivity index (χ3n) is 3.20. The molecule has 1 aromatic carbocycles. The van der Waals surface area contributed by atoms with Crippen LogP contribution in [0.5, 0.6) is 11.5 Å². The van der Waals surface area contributed by atoms with Gasteiger partial charge < -0.3 is 9.47 Å². The molecule has 1 aliphatic rings. The molecule has 3 heteroatoms. The van der Waals surface area contributed by atoms with E-state index in [9.17, 15) is 4.79 Å². The zero-order valence-electron chi connectivity index (χ0n) is 10.3. The number of allylic oxidation sites excluding steroid dienone is 2. The molecule has 0 heterocycles. The highest BCUT2D eigenvalue weighted by Crippen LogP contribution is 2.40. The highest BCUT2D eigenvalue weighted by molar-refractivity contribution is 5.94. The maximum Gasteiger partial charge on any atom is 0.156 e. The van der Waals surface area contributed by atoms with Crippen molar-refractivity contribution in [3.8, 4) is 11.5 Å². The Morgan fingerprint density at radius 3 is 2.53 bits per heavy atom. The van der Waals surface area contributed by atoms with Crippen LogP contribution in [0.3, 0.4) is 0 Å². The van der Waals surface area contributed by atoms with Gasteiger partial charge in [-0.1, -0.05) is 13.0 Å². The van der Waals surface area contributed by atoms with Crippen LogP contribution in [0.25, 0.3) is 0 Å². The number of hydrogen-bond acceptors (Lipinski definition) is 3. The van der Waals surface area contributed by atoms with Gasteiger partial charge in [-0.25, -0.2) is 0 Å². The molecule has 0 radical (unpaired) electrons. The van der Waals surface area contributed by atoms with Crippen LogP contribution in [0.1, 0.15) is 18.9 Å². The summed E-state index contributed by atoms with van der Waals surface area (Å²) in [5, 5.41) is 0. The SMILES string of the molecule is COc1ccc(OC)c(C2(C)C=CC(=O)C2)c1. The van der Waals surface area contributed by atoms with Crippen molar-refractivity contribution < 1.29 is 14.3 Å². The topological polar surface area (TPSA) is 35.5 Å². The largest absolute Gasteiger partial charge is 0.497 e. The standard InChI is InChI=1S/C14H16O3/c1-14(7-6-10(15)9-14)12-8-11(16-2)4-5-13(12)17-3/h4-8H,9H2,1-3H3. The molecule has 3 nitrogen and oxygen atoms in total. The number of carbonyl (C=O) groups excluding carboxylic acids is 1. The molecule has 0 fully saturated rings. The Morgan fingerprint density at radius 1 is 1.24 bits per heavy atom. The third-order valence-corrected chi connectivity index (χ3v) is 3.20. The number of ketones is 1. The Bertz CT molecular complexity index is 476. The quantitative estimate of drug-likeness (QED) is 0.803. The van der Waals surface area contributed by atoms with Gasteiger partial charge in [-0.2, -0.15) is 0 Å². The van der Waals surface area contributed by atoms with E-state index in [-0.39, 0.29) is 11.2 Å². The van der Waals surface area contributed by atoms with Gasteiger partial charge in [0, 0.05) is 17.4 Å². The molecule has 90 valence electrons. The number of ether oxygens (including phenoxy) is 2. The Morgan fingerprint density at radius 2 is 2.00 bits per heavy atom. The van der Waals surface area contributed by atoms with E-state index >= 15 is 0 Å². The molecule has 1 unspecified atom stereocenters. The van der Waals surface area contributed by atoms with Crippen LogP contribution in [-0.2, 0) is 10.2 Å². The van der Waals surface area contributed by atoms with Crippen molar-refractivity contribution in [1.82, 2.24) is 0 Å². The van der Waals surface area contributed by atoms with Gasteiger partial charge in [0.05, 0.1) is 14.2 Å². The molecule has 0 N–H and O–H groups in total. The van der Waals surface area contributed by atoms with E-state index in [2.05, 4.69) is 0 Å². The van der Waals surface area contributed by atoms with Crippen LogP contribution in [-0.4, -0.2) is 20.0 Å². The molecule has 17 heavy (non-hydrogen) atoms. The Hall–Kier alpha value is -1.77. The van der Waals surface area contributed by atoms with Crippen LogP contribution in [0.15, 0.2) is 30.4 Å². The highest BCUT2D eigenvalue weighted by atomic mass is 16.5. The van der Waals surface area contributed by atoms with Crippen molar-refractivity contribution in [2.45, 2.75) is 18.8 Å². The normalized spacial score (nSPS) is 22.9. The second-order valence-electron chi connectivity index (χ2n) is 4.46. The lowest BCUT2D eigenvalue weighted by atomic mass is 9.81. The van der Waals surface area contributed by atoms with Crippen molar-refractivity contribution in [1.29, 1.82) is 0 Å². The summed E-state index contributed by atoms with van der Waals surface area (Å²) in [6.07, 6.45) is 4.06. The summed E-state index contributed by atoms with van der Waals surface area (Å²) in [6, 6.07) is 5.66. The lowest BCUT2D eigenvalue weighted by Gasteiger charge is -2.24. The summed E-state index contributed by atoms with van der Waals surface area (Å²) < 4.78 is 10.6. The summed E-state index contributed by atoms with van der Waals surface area (Å²) in [7, 11) is 3.26. The van der Waals surface area contributed by atoms with Crippen molar-refractivity contribution in [2.75, 3.05) is 14.2 Å². The van der Waals surface area contributed by atoms with E-state index in [0.717, 1.165) is 17.1 Å². The van der Waals surface area contributed by atoms with Gasteiger partial charge in [0.1, 0.15) is 11.5 Å². The van der Waals surface area contributed by atoms with Gasteiger partial charge in [0.15, 0.2) is 5.78 Å². The van der Waals surface area contributed by atoms with E-state index < -0.39 is 0 Å². The molecule has 2 rings (SSSR count). The second-order valence-corrected chi connectivity index (χ2v) is 4.46. The van der Waals surface area contributed by atoms with Crippen LogP contribution in [0.2, 0.25) is 0 Å². The fourth-order valence-electron chi connectivity index (χ4n) is 2.20. The first-order valence-electron chi connectivity index (χ1n) is 5.53. The molecule has 0 spiro atoms. The number of hydrogen-bond donors (Lipinski definition) is 0. The zero-order valence-corrected chi connectivity index (χ0v) is 10.3. The molecule has 1 atom stereocenters. The Balaban J connectivity index is 2.49. The van der Waals surface area contributed by atoms with Crippen molar-refractivity contribution in [3.63, 3.8) is 0 Å². The number of rotatable bonds is 3. The highest BCUT2D eigenvalue weighted by Gasteiger charge is 2.33. The lowest BCUT2D eigenvalue weighted by molar-refractivity contribution is -0.114. The molecule has 0 aliphatic heterocycles. The van der Waals surface area contributed by atoms with Gasteiger partial charge >= 0.3 is 0 Å². The van der Waals surface area contributed by atoms with Gasteiger partial charge in [0.25, 0.3) is 0 Å². The maximum absolute atomic E-state index is 11.4. The van der Waals surface area contributed by atoms with Gasteiger partial charge in [-0.05, 0) is 24.3 Å². The molecule has 0 bridgehead atoms. The van der Waals surface area contributed by atoms with Crippen molar-refractivity contribution in [3.05, 3.63) is 35.9 Å². The fourth-order valence-corrected chi connectivity index (χ4v) is 2.20. The summed E-state index contributed by atoms with van der Waals surface area (Å²) in [5.41, 5.74) is 0.693. The molecule has 0 aromatic heterocycles. The average molecular weight is 232 g/mol. The predicted molar refractivity (Wildman–Crippen MR) is 65.7 cm³/mol. The third kappa shape index (κ3) is 2.05. The molecule has 0 amide bonds. The van der Waals surface area contributed by atoms with Gasteiger partial charge in [0.2, 0.25) is 0 Å². The van der Waals surface area contributed by atoms with E-state index in [1.54, 1.807) is 20.3 Å². The van der Waals surface area contributed by atoms with E-state index in [0.29, 0.717) is 6.42 Å². The average Bonchev–Trinajstić information content (AvgIpc) is 2.69. The molecular formula is C14H16O3. The van der Waals surface area contributed by atoms with Crippen molar-refractivity contribution >= 4 is 5.78 Å². The first-order valence-corrected chi connectivity index (χ1v) is 5.53. The molecule has 0 saturated carbocycles. The predicted octanol–water partition coefficient (Wildman–Crippen LogP) is 2.49. The number of carbonyl (C=O) groups is 1. The fraction of sp³-hybridized carbons (Fsp3) is 0.357. The lowest BCUT2D eigenvalue weighted by Crippen LogP contribution is -2.18. The summed E-state index contributed by atoms with van der Waals surface area (Å²) in [6.45, 7) is 2.03. The Kier molecular flexibility index (Phi) is 2.92. The van der Waals surface area contributed by atoms with Gasteiger partial charge in [-0.3, -0.25) is 4.79 Å². The van der Waals surface area contributed by atoms with Gasteiger partial charge in [-0.15, -0.1) is 0 Å². The minimum atomic E-state index is -0.295. The Labute approximate surface area is 101 Å². The minimum absolute atomic E-state index is 0.150. The van der Waals surface area contributed by atoms with Crippen LogP contribution in [0.4, 0.5) is 0 Å². The maximum atomic E-state index is 11.4. The summed E-state index contributed by atoms with van der Waals surface area (Å²) in [4.78, 5) is 11.4. The number of benzene rings is 1. The molecule has 0 saturated heterocycles. The first-order chi connectivity index (χ1) is 8.09. The minimum Gasteiger partial charge on any atom is -0.497 e. The number of methoxy groups -OCH3 is 2. The van der Waals surface area contributed by atoms with Crippen molar-refractivity contribution in [2.24, 2.45) is 0 Å². The van der Waals surface area contributed by atoms with Crippen LogP contribution >= 0.6 is 0 Å². The smallest absolute Gasteiger partial charge is 0.156 e. The monoisotopic (exact) mass is 232 g/mol. The second kappa shape index (κ2) is 4.24. The summed E-state index contributed by atoms with van der Waals surface area (Å²) in [5.74, 6) is 1.71. The van der Waals surface area contributed by atoms with Crippen LogP contribution in [0, 0.1) is 0 Å². The molecule has 1 aromatic rings. The van der Waals surface area contributed by atoms with E-state index in [1.165, 1.54) is 0 Å². The molecular weight excluding hydrogens is 216 g/mol.